The van der Waals surface area contributed by atoms with Crippen molar-refractivity contribution in [2.24, 2.45) is 0 Å². The van der Waals surface area contributed by atoms with Gasteiger partial charge >= 0.3 is 19.2 Å². The van der Waals surface area contributed by atoms with Crippen molar-refractivity contribution >= 4 is 35.4 Å². The van der Waals surface area contributed by atoms with Gasteiger partial charge < -0.3 is 28.4 Å². The molecule has 2 aromatic rings. The summed E-state index contributed by atoms with van der Waals surface area (Å²) < 4.78 is 48.4. The van der Waals surface area contributed by atoms with Crippen molar-refractivity contribution in [3.63, 3.8) is 0 Å². The summed E-state index contributed by atoms with van der Waals surface area (Å²) in [5, 5.41) is 0.489. The van der Waals surface area contributed by atoms with Gasteiger partial charge in [-0.25, -0.2) is 9.18 Å². The first-order valence-corrected chi connectivity index (χ1v) is 17.4. The monoisotopic (exact) mass is 663 g/mol. The smallest absolute Gasteiger partial charge is 0.491 e. The molecule has 5 saturated heterocycles. The number of hydrogen-bond acceptors (Lipinski definition) is 10. The fourth-order valence-electron chi connectivity index (χ4n) is 8.66. The molecule has 6 aliphatic heterocycles. The second-order valence-corrected chi connectivity index (χ2v) is 16.6. The third-order valence-corrected chi connectivity index (χ3v) is 11.7. The molecule has 0 aliphatic carbocycles. The van der Waals surface area contributed by atoms with E-state index in [0.29, 0.717) is 30.1 Å². The van der Waals surface area contributed by atoms with Crippen LogP contribution in [0.2, 0.25) is 0 Å². The number of benzene rings is 1. The maximum Gasteiger partial charge on any atom is 0.498 e. The number of ether oxygens (including phenoxy) is 3. The van der Waals surface area contributed by atoms with E-state index in [4.69, 9.17) is 33.5 Å². The van der Waals surface area contributed by atoms with E-state index in [-0.39, 0.29) is 53.4 Å². The fourth-order valence-corrected chi connectivity index (χ4v) is 8.66. The van der Waals surface area contributed by atoms with Crippen molar-refractivity contribution in [3.05, 3.63) is 24.0 Å². The molecular formula is C35H47BFN5O6. The first-order chi connectivity index (χ1) is 22.6. The number of rotatable bonds is 4. The molecule has 1 amide bonds. The first kappa shape index (κ1) is 32.1. The quantitative estimate of drug-likeness (QED) is 0.341. The second-order valence-electron chi connectivity index (χ2n) is 16.6. The van der Waals surface area contributed by atoms with Gasteiger partial charge in [0.15, 0.2) is 0 Å². The van der Waals surface area contributed by atoms with Gasteiger partial charge in [-0.2, -0.15) is 9.97 Å². The zero-order valence-corrected chi connectivity index (χ0v) is 29.2. The normalized spacial score (nSPS) is 30.4. The number of hydrogen-bond donors (Lipinski definition) is 0. The molecular weight excluding hydrogens is 616 g/mol. The third kappa shape index (κ3) is 4.97. The third-order valence-electron chi connectivity index (χ3n) is 11.7. The lowest BCUT2D eigenvalue weighted by molar-refractivity contribution is 0.00544. The van der Waals surface area contributed by atoms with E-state index in [0.717, 1.165) is 45.2 Å². The number of nitrogens with zero attached hydrogens (tertiary/aromatic N) is 5. The second kappa shape index (κ2) is 10.7. The lowest BCUT2D eigenvalue weighted by Gasteiger charge is -2.46. The minimum atomic E-state index is -0.957. The molecule has 0 saturated carbocycles. The van der Waals surface area contributed by atoms with Crippen molar-refractivity contribution < 1.29 is 32.7 Å². The lowest BCUT2D eigenvalue weighted by Crippen LogP contribution is -2.63. The average Bonchev–Trinajstić information content (AvgIpc) is 3.65. The molecule has 258 valence electrons. The van der Waals surface area contributed by atoms with Crippen LogP contribution >= 0.6 is 0 Å². The summed E-state index contributed by atoms with van der Waals surface area (Å²) in [6.07, 6.45) is 4.28. The van der Waals surface area contributed by atoms with Gasteiger partial charge in [-0.05, 0) is 93.2 Å². The van der Waals surface area contributed by atoms with Crippen molar-refractivity contribution in [1.29, 1.82) is 0 Å². The van der Waals surface area contributed by atoms with Gasteiger partial charge in [0.25, 0.3) is 0 Å². The van der Waals surface area contributed by atoms with Crippen LogP contribution in [0.25, 0.3) is 10.9 Å². The van der Waals surface area contributed by atoms with Crippen LogP contribution in [-0.2, 0) is 14.0 Å². The summed E-state index contributed by atoms with van der Waals surface area (Å²) in [6, 6.07) is 1.32. The highest BCUT2D eigenvalue weighted by Gasteiger charge is 2.55. The van der Waals surface area contributed by atoms with Crippen molar-refractivity contribution in [2.75, 3.05) is 37.7 Å². The van der Waals surface area contributed by atoms with Gasteiger partial charge in [0.2, 0.25) is 0 Å². The lowest BCUT2D eigenvalue weighted by atomic mass is 9.78. The number of piperazine rings is 1. The number of fused-ring (bicyclic) bond motifs is 6. The molecule has 8 rings (SSSR count). The average molecular weight is 664 g/mol. The molecule has 5 fully saturated rings. The van der Waals surface area contributed by atoms with Crippen LogP contribution in [0.15, 0.2) is 18.2 Å². The highest BCUT2D eigenvalue weighted by atomic mass is 19.1. The van der Waals surface area contributed by atoms with Gasteiger partial charge in [-0.15, -0.1) is 0 Å². The minimum absolute atomic E-state index is 0.0821. The molecule has 4 atom stereocenters. The molecule has 0 unspecified atom stereocenters. The van der Waals surface area contributed by atoms with Crippen molar-refractivity contribution in [2.45, 2.75) is 121 Å². The molecule has 0 spiro atoms. The number of aromatic nitrogens is 2. The summed E-state index contributed by atoms with van der Waals surface area (Å²) in [5.41, 5.74) is -0.570. The summed E-state index contributed by atoms with van der Waals surface area (Å²) in [4.78, 5) is 29.7. The topological polar surface area (TPSA) is 98.7 Å². The molecule has 2 bridgehead atoms. The summed E-state index contributed by atoms with van der Waals surface area (Å²) >= 11 is 0. The van der Waals surface area contributed by atoms with E-state index in [1.165, 1.54) is 5.57 Å². The number of carbonyl (C=O) groups is 1. The highest BCUT2D eigenvalue weighted by molar-refractivity contribution is 6.62. The molecule has 11 nitrogen and oxygen atoms in total. The standard InChI is InChI=1S/C35H47BFN5O6/c1-20-15-35(12-9-13-40(35)16-20)19-45-30-38-28-26-25(14-22(27(28)37)36-47-33(5,6)34(7,8)48-36)44-18-24-23-11-10-21(17-41(24)29(26)39-30)42(23)31(43)46-32(2,3)4/h14,21,23-24H,1,9-13,15-19H2,2-8H3/t21-,23+,24-,35+/m1/s1. The molecule has 0 radical (unpaired) electrons. The van der Waals surface area contributed by atoms with Crippen LogP contribution in [-0.4, -0.2) is 106 Å². The molecule has 13 heteroatoms. The SMILES string of the molecule is C=C1CN2CCC[C@@]2(COc2nc3c4c(cc(B5OC(C)(C)C(C)(C)O5)c(F)c4n2)OC[C@@H]2[C@@H]4CC[C@H](CN32)N4C(=O)OC(C)(C)C)C1. The van der Waals surface area contributed by atoms with Crippen molar-refractivity contribution in [1.82, 2.24) is 19.8 Å². The number of halogens is 1. The minimum Gasteiger partial charge on any atom is -0.491 e. The Balaban J connectivity index is 1.21. The Kier molecular flexibility index (Phi) is 7.13. The van der Waals surface area contributed by atoms with E-state index in [1.807, 2.05) is 53.4 Å². The predicted molar refractivity (Wildman–Crippen MR) is 180 cm³/mol. The molecule has 6 aliphatic rings. The van der Waals surface area contributed by atoms with Crippen molar-refractivity contribution in [3.8, 4) is 11.8 Å². The molecule has 1 aromatic carbocycles. The van der Waals surface area contributed by atoms with Crippen LogP contribution in [0.1, 0.15) is 80.6 Å². The van der Waals surface area contributed by atoms with Crippen LogP contribution in [0.4, 0.5) is 15.0 Å². The van der Waals surface area contributed by atoms with E-state index in [1.54, 1.807) is 6.07 Å². The Hall–Kier alpha value is -3.16. The highest BCUT2D eigenvalue weighted by Crippen LogP contribution is 2.46. The zero-order valence-electron chi connectivity index (χ0n) is 29.2. The Morgan fingerprint density at radius 1 is 1.15 bits per heavy atom. The Bertz CT molecular complexity index is 1680. The largest absolute Gasteiger partial charge is 0.498 e. The first-order valence-electron chi connectivity index (χ1n) is 17.4. The molecule has 7 heterocycles. The van der Waals surface area contributed by atoms with Gasteiger partial charge in [-0.1, -0.05) is 12.2 Å². The van der Waals surface area contributed by atoms with E-state index < -0.39 is 29.7 Å². The summed E-state index contributed by atoms with van der Waals surface area (Å²) in [5.74, 6) is 0.469. The predicted octanol–water partition coefficient (Wildman–Crippen LogP) is 4.59. The maximum absolute atomic E-state index is 16.9. The Labute approximate surface area is 282 Å². The van der Waals surface area contributed by atoms with E-state index >= 15 is 4.39 Å². The molecule has 0 N–H and O–H groups in total. The number of anilines is 1. The zero-order chi connectivity index (χ0) is 34.0. The van der Waals surface area contributed by atoms with Gasteiger partial charge in [-0.3, -0.25) is 9.80 Å². The Morgan fingerprint density at radius 2 is 1.90 bits per heavy atom. The fraction of sp³-hybridized carbons (Fsp3) is 0.686. The van der Waals surface area contributed by atoms with Crippen LogP contribution in [0.3, 0.4) is 0 Å². The van der Waals surface area contributed by atoms with E-state index in [9.17, 15) is 4.79 Å². The van der Waals surface area contributed by atoms with Crippen LogP contribution in [0.5, 0.6) is 11.8 Å². The maximum atomic E-state index is 16.9. The van der Waals surface area contributed by atoms with Crippen LogP contribution in [0, 0.1) is 5.82 Å². The van der Waals surface area contributed by atoms with Crippen LogP contribution < -0.4 is 19.8 Å². The summed E-state index contributed by atoms with van der Waals surface area (Å²) in [6.45, 7) is 20.7. The molecule has 48 heavy (non-hydrogen) atoms. The van der Waals surface area contributed by atoms with Gasteiger partial charge in [0, 0.05) is 18.6 Å². The Morgan fingerprint density at radius 3 is 2.62 bits per heavy atom. The van der Waals surface area contributed by atoms with Gasteiger partial charge in [0.1, 0.15) is 41.7 Å². The number of amides is 1. The van der Waals surface area contributed by atoms with E-state index in [2.05, 4.69) is 16.4 Å². The number of carbonyl (C=O) groups excluding carboxylic acids is 1. The molecule has 1 aromatic heterocycles. The summed E-state index contributed by atoms with van der Waals surface area (Å²) in [7, 11) is -0.957. The van der Waals surface area contributed by atoms with Gasteiger partial charge in [0.05, 0.1) is 40.3 Å².